The Morgan fingerprint density at radius 3 is 3.05 bits per heavy atom. The monoisotopic (exact) mass is 262 g/mol. The molecule has 1 fully saturated rings. The molecule has 1 heterocycles. The second-order valence-corrected chi connectivity index (χ2v) is 4.60. The van der Waals surface area contributed by atoms with Crippen molar-refractivity contribution in [2.45, 2.75) is 19.6 Å². The predicted molar refractivity (Wildman–Crippen MR) is 70.7 cm³/mol. The number of carbonyl (C=O) groups excluding carboxylic acids is 2. The van der Waals surface area contributed by atoms with E-state index in [0.717, 1.165) is 5.56 Å². The highest BCUT2D eigenvalue weighted by atomic mass is 16.5. The Morgan fingerprint density at radius 1 is 1.53 bits per heavy atom. The summed E-state index contributed by atoms with van der Waals surface area (Å²) in [5, 5.41) is 2.75. The van der Waals surface area contributed by atoms with E-state index in [-0.39, 0.29) is 11.8 Å². The van der Waals surface area contributed by atoms with E-state index in [9.17, 15) is 9.59 Å². The molecule has 1 N–H and O–H groups in total. The number of rotatable bonds is 3. The first-order valence-corrected chi connectivity index (χ1v) is 6.30. The lowest BCUT2D eigenvalue weighted by Gasteiger charge is -2.32. The lowest BCUT2D eigenvalue weighted by atomic mass is 10.1. The van der Waals surface area contributed by atoms with E-state index >= 15 is 0 Å². The molecule has 1 aliphatic heterocycles. The average molecular weight is 262 g/mol. The van der Waals surface area contributed by atoms with Crippen LogP contribution in [0.5, 0.6) is 0 Å². The van der Waals surface area contributed by atoms with Crippen molar-refractivity contribution in [2.24, 2.45) is 0 Å². The summed E-state index contributed by atoms with van der Waals surface area (Å²) < 4.78 is 5.06. The van der Waals surface area contributed by atoms with Crippen molar-refractivity contribution < 1.29 is 14.3 Å². The summed E-state index contributed by atoms with van der Waals surface area (Å²) in [5.41, 5.74) is 1.54. The number of carbonyl (C=O) groups is 2. The van der Waals surface area contributed by atoms with Crippen LogP contribution in [-0.4, -0.2) is 43.0 Å². The number of methoxy groups -OCH3 is 1. The van der Waals surface area contributed by atoms with E-state index in [1.165, 1.54) is 0 Å². The maximum absolute atomic E-state index is 12.4. The van der Waals surface area contributed by atoms with E-state index < -0.39 is 6.04 Å². The molecule has 1 saturated heterocycles. The number of benzene rings is 1. The lowest BCUT2D eigenvalue weighted by molar-refractivity contribution is -0.127. The zero-order chi connectivity index (χ0) is 13.8. The quantitative estimate of drug-likeness (QED) is 0.876. The van der Waals surface area contributed by atoms with Crippen molar-refractivity contribution in [1.82, 2.24) is 10.2 Å². The minimum atomic E-state index is -0.424. The van der Waals surface area contributed by atoms with Crippen molar-refractivity contribution in [1.29, 1.82) is 0 Å². The first-order valence-electron chi connectivity index (χ1n) is 6.30. The molecular formula is C14H18N2O3. The summed E-state index contributed by atoms with van der Waals surface area (Å²) in [5.74, 6) is -0.215. The van der Waals surface area contributed by atoms with Crippen LogP contribution in [0.3, 0.4) is 0 Å². The van der Waals surface area contributed by atoms with Gasteiger partial charge in [-0.15, -0.1) is 0 Å². The van der Waals surface area contributed by atoms with Crippen LogP contribution in [0, 0.1) is 0 Å². The summed E-state index contributed by atoms with van der Waals surface area (Å²) in [6, 6.07) is 6.89. The fourth-order valence-corrected chi connectivity index (χ4v) is 2.19. The highest BCUT2D eigenvalue weighted by molar-refractivity contribution is 5.98. The Bertz CT molecular complexity index is 487. The van der Waals surface area contributed by atoms with E-state index in [1.54, 1.807) is 25.0 Å². The van der Waals surface area contributed by atoms with E-state index in [4.69, 9.17) is 4.74 Å². The van der Waals surface area contributed by atoms with E-state index in [2.05, 4.69) is 5.32 Å². The van der Waals surface area contributed by atoms with Crippen LogP contribution in [0.15, 0.2) is 24.3 Å². The normalized spacial score (nSPS) is 19.2. The third-order valence-corrected chi connectivity index (χ3v) is 3.24. The van der Waals surface area contributed by atoms with Gasteiger partial charge in [-0.05, 0) is 24.6 Å². The molecule has 0 aromatic heterocycles. The molecule has 0 aliphatic carbocycles. The van der Waals surface area contributed by atoms with Crippen LogP contribution in [0.2, 0.25) is 0 Å². The first kappa shape index (κ1) is 13.5. The van der Waals surface area contributed by atoms with Crippen LogP contribution in [0.4, 0.5) is 0 Å². The topological polar surface area (TPSA) is 58.6 Å². The second kappa shape index (κ2) is 5.84. The molecule has 0 saturated carbocycles. The Hall–Kier alpha value is -1.88. The van der Waals surface area contributed by atoms with Gasteiger partial charge in [0.15, 0.2) is 0 Å². The van der Waals surface area contributed by atoms with Gasteiger partial charge in [0.1, 0.15) is 6.04 Å². The van der Waals surface area contributed by atoms with Crippen LogP contribution in [0.25, 0.3) is 0 Å². The summed E-state index contributed by atoms with van der Waals surface area (Å²) in [4.78, 5) is 25.6. The van der Waals surface area contributed by atoms with Crippen LogP contribution >= 0.6 is 0 Å². The second-order valence-electron chi connectivity index (χ2n) is 4.60. The fraction of sp³-hybridized carbons (Fsp3) is 0.429. The molecular weight excluding hydrogens is 244 g/mol. The predicted octanol–water partition coefficient (Wildman–Crippen LogP) is 0.793. The van der Waals surface area contributed by atoms with Gasteiger partial charge in [-0.2, -0.15) is 0 Å². The molecule has 0 bridgehead atoms. The van der Waals surface area contributed by atoms with Crippen LogP contribution < -0.4 is 5.32 Å². The molecule has 102 valence electrons. The molecule has 5 heteroatoms. The third-order valence-electron chi connectivity index (χ3n) is 3.24. The minimum Gasteiger partial charge on any atom is -0.380 e. The summed E-state index contributed by atoms with van der Waals surface area (Å²) >= 11 is 0. The zero-order valence-electron chi connectivity index (χ0n) is 11.2. The number of hydrogen-bond donors (Lipinski definition) is 1. The Labute approximate surface area is 112 Å². The van der Waals surface area contributed by atoms with Crippen molar-refractivity contribution >= 4 is 11.8 Å². The zero-order valence-corrected chi connectivity index (χ0v) is 11.2. The van der Waals surface area contributed by atoms with Crippen molar-refractivity contribution in [2.75, 3.05) is 20.2 Å². The molecule has 1 atom stereocenters. The van der Waals surface area contributed by atoms with Crippen molar-refractivity contribution in [3.05, 3.63) is 35.4 Å². The van der Waals surface area contributed by atoms with Crippen molar-refractivity contribution in [3.63, 3.8) is 0 Å². The molecule has 2 rings (SSSR count). The van der Waals surface area contributed by atoms with Gasteiger partial charge in [-0.3, -0.25) is 9.59 Å². The highest BCUT2D eigenvalue weighted by Gasteiger charge is 2.29. The SMILES string of the molecule is COCc1cccc(C(=O)N2CCNC(=O)C2C)c1. The maximum Gasteiger partial charge on any atom is 0.254 e. The summed E-state index contributed by atoms with van der Waals surface area (Å²) in [7, 11) is 1.62. The maximum atomic E-state index is 12.4. The first-order chi connectivity index (χ1) is 9.13. The van der Waals surface area contributed by atoms with E-state index in [1.807, 2.05) is 18.2 Å². The Morgan fingerprint density at radius 2 is 2.32 bits per heavy atom. The largest absolute Gasteiger partial charge is 0.380 e. The Kier molecular flexibility index (Phi) is 4.16. The average Bonchev–Trinajstić information content (AvgIpc) is 2.42. The minimum absolute atomic E-state index is 0.104. The van der Waals surface area contributed by atoms with Gasteiger partial charge in [-0.1, -0.05) is 12.1 Å². The van der Waals surface area contributed by atoms with Gasteiger partial charge in [0.2, 0.25) is 5.91 Å². The Balaban J connectivity index is 2.18. The van der Waals surface area contributed by atoms with Gasteiger partial charge in [0, 0.05) is 25.8 Å². The number of hydrogen-bond acceptors (Lipinski definition) is 3. The van der Waals surface area contributed by atoms with Gasteiger partial charge in [0.25, 0.3) is 5.91 Å². The smallest absolute Gasteiger partial charge is 0.254 e. The van der Waals surface area contributed by atoms with Gasteiger partial charge in [-0.25, -0.2) is 0 Å². The van der Waals surface area contributed by atoms with E-state index in [0.29, 0.717) is 25.3 Å². The molecule has 0 radical (unpaired) electrons. The van der Waals surface area contributed by atoms with Gasteiger partial charge in [0.05, 0.1) is 6.61 Å². The van der Waals surface area contributed by atoms with Gasteiger partial charge < -0.3 is 15.0 Å². The van der Waals surface area contributed by atoms with Crippen LogP contribution in [0.1, 0.15) is 22.8 Å². The molecule has 2 amide bonds. The number of ether oxygens (including phenoxy) is 1. The molecule has 1 unspecified atom stereocenters. The molecule has 1 aromatic carbocycles. The number of amides is 2. The summed E-state index contributed by atoms with van der Waals surface area (Å²) in [6.45, 7) is 3.26. The number of nitrogens with zero attached hydrogens (tertiary/aromatic N) is 1. The molecule has 1 aliphatic rings. The highest BCUT2D eigenvalue weighted by Crippen LogP contribution is 2.13. The van der Waals surface area contributed by atoms with Crippen molar-refractivity contribution in [3.8, 4) is 0 Å². The number of nitrogens with one attached hydrogen (secondary N) is 1. The lowest BCUT2D eigenvalue weighted by Crippen LogP contribution is -2.55. The molecule has 0 spiro atoms. The summed E-state index contributed by atoms with van der Waals surface area (Å²) in [6.07, 6.45) is 0. The standard InChI is InChI=1S/C14H18N2O3/c1-10-13(17)15-6-7-16(10)14(18)12-5-3-4-11(8-12)9-19-2/h3-5,8,10H,6-7,9H2,1-2H3,(H,15,17). The number of piperazine rings is 1. The van der Waals surface area contributed by atoms with Gasteiger partial charge >= 0.3 is 0 Å². The molecule has 1 aromatic rings. The molecule has 19 heavy (non-hydrogen) atoms. The fourth-order valence-electron chi connectivity index (χ4n) is 2.19. The van der Waals surface area contributed by atoms with Crippen LogP contribution in [-0.2, 0) is 16.1 Å². The molecule has 5 nitrogen and oxygen atoms in total. The third kappa shape index (κ3) is 2.93.